The van der Waals surface area contributed by atoms with Crippen LogP contribution in [-0.2, 0) is 26.0 Å². The lowest BCUT2D eigenvalue weighted by Crippen LogP contribution is -2.24. The maximum Gasteiger partial charge on any atom is 0.279 e. The maximum absolute atomic E-state index is 9.17. The van der Waals surface area contributed by atoms with Gasteiger partial charge in [-0.15, -0.1) is 0 Å². The first-order valence-corrected chi connectivity index (χ1v) is 9.13. The van der Waals surface area contributed by atoms with Crippen LogP contribution in [0.3, 0.4) is 0 Å². The molecule has 0 fully saturated rings. The van der Waals surface area contributed by atoms with Crippen molar-refractivity contribution in [3.05, 3.63) is 41.1 Å². The number of aliphatic hydroxyl groups excluding tert-OH is 1. The zero-order valence-corrected chi connectivity index (χ0v) is 15.5. The van der Waals surface area contributed by atoms with Crippen LogP contribution in [0.25, 0.3) is 23.0 Å². The average Bonchev–Trinajstić information content (AvgIpc) is 3.25. The van der Waals surface area contributed by atoms with Crippen LogP contribution in [-0.4, -0.2) is 25.0 Å². The number of aryl methyl sites for hydroxylation is 1. The number of aromatic nitrogens is 4. The Balaban J connectivity index is 1.71. The summed E-state index contributed by atoms with van der Waals surface area (Å²) in [5, 5.41) is 18.1. The van der Waals surface area contributed by atoms with E-state index in [0.717, 1.165) is 42.6 Å². The molecule has 1 aromatic carbocycles. The molecule has 0 radical (unpaired) electrons. The van der Waals surface area contributed by atoms with Crippen molar-refractivity contribution < 1.29 is 9.63 Å². The van der Waals surface area contributed by atoms with E-state index in [9.17, 15) is 0 Å². The highest BCUT2D eigenvalue weighted by Gasteiger charge is 2.32. The first kappa shape index (κ1) is 17.0. The molecule has 0 bridgehead atoms. The quantitative estimate of drug-likeness (QED) is 0.776. The number of benzene rings is 1. The maximum atomic E-state index is 9.17. The molecular formula is C20H24N4O2. The molecule has 6 heteroatoms. The van der Waals surface area contributed by atoms with E-state index in [4.69, 9.17) is 14.7 Å². The lowest BCUT2D eigenvalue weighted by atomic mass is 9.76. The molecule has 2 aromatic heterocycles. The van der Waals surface area contributed by atoms with Crippen molar-refractivity contribution in [3.8, 4) is 23.0 Å². The number of hydrogen-bond donors (Lipinski definition) is 1. The monoisotopic (exact) mass is 352 g/mol. The van der Waals surface area contributed by atoms with Crippen molar-refractivity contribution >= 4 is 0 Å². The van der Waals surface area contributed by atoms with Gasteiger partial charge in [-0.1, -0.05) is 43.3 Å². The fraction of sp³-hybridized carbons (Fsp3) is 0.450. The highest BCUT2D eigenvalue weighted by atomic mass is 16.5. The van der Waals surface area contributed by atoms with Gasteiger partial charge in [-0.05, 0) is 37.2 Å². The van der Waals surface area contributed by atoms with E-state index in [1.807, 2.05) is 24.3 Å². The lowest BCUT2D eigenvalue weighted by molar-refractivity contribution is 0.282. The van der Waals surface area contributed by atoms with Gasteiger partial charge < -0.3 is 9.63 Å². The molecular weight excluding hydrogens is 328 g/mol. The van der Waals surface area contributed by atoms with Gasteiger partial charge in [-0.25, -0.2) is 0 Å². The Morgan fingerprint density at radius 2 is 2.00 bits per heavy atom. The second-order valence-corrected chi connectivity index (χ2v) is 7.71. The molecule has 6 nitrogen and oxygen atoms in total. The molecule has 2 heterocycles. The molecule has 0 saturated carbocycles. The predicted octanol–water partition coefficient (Wildman–Crippen LogP) is 3.63. The van der Waals surface area contributed by atoms with Crippen LogP contribution in [0.2, 0.25) is 0 Å². The van der Waals surface area contributed by atoms with Gasteiger partial charge in [0.25, 0.3) is 5.89 Å². The number of nitrogens with zero attached hydrogens (tertiary/aromatic N) is 4. The van der Waals surface area contributed by atoms with Crippen LogP contribution < -0.4 is 0 Å². The predicted molar refractivity (Wildman–Crippen MR) is 98.4 cm³/mol. The van der Waals surface area contributed by atoms with Crippen molar-refractivity contribution in [3.63, 3.8) is 0 Å². The minimum Gasteiger partial charge on any atom is -0.392 e. The second-order valence-electron chi connectivity index (χ2n) is 7.71. The number of fused-ring (bicyclic) bond motifs is 1. The Bertz CT molecular complexity index is 922. The summed E-state index contributed by atoms with van der Waals surface area (Å²) in [6.07, 6.45) is 3.14. The second kappa shape index (κ2) is 6.36. The molecule has 0 saturated heterocycles. The topological polar surface area (TPSA) is 77.0 Å². The summed E-state index contributed by atoms with van der Waals surface area (Å²) in [6, 6.07) is 7.51. The zero-order valence-electron chi connectivity index (χ0n) is 15.5. The van der Waals surface area contributed by atoms with Crippen molar-refractivity contribution in [2.45, 2.75) is 53.2 Å². The lowest BCUT2D eigenvalue weighted by Gasteiger charge is -2.30. The van der Waals surface area contributed by atoms with Crippen LogP contribution in [0.1, 0.15) is 44.0 Å². The largest absolute Gasteiger partial charge is 0.392 e. The molecule has 1 aliphatic rings. The Hall–Kier alpha value is -2.47. The highest BCUT2D eigenvalue weighted by Crippen LogP contribution is 2.38. The van der Waals surface area contributed by atoms with E-state index in [1.54, 1.807) is 0 Å². The molecule has 0 unspecified atom stereocenters. The van der Waals surface area contributed by atoms with Gasteiger partial charge in [0.2, 0.25) is 5.82 Å². The molecule has 1 N–H and O–H groups in total. The molecule has 26 heavy (non-hydrogen) atoms. The van der Waals surface area contributed by atoms with Crippen molar-refractivity contribution in [1.82, 2.24) is 19.9 Å². The molecule has 0 amide bonds. The third kappa shape index (κ3) is 2.94. The van der Waals surface area contributed by atoms with E-state index in [2.05, 4.69) is 35.6 Å². The van der Waals surface area contributed by atoms with Crippen LogP contribution in [0.5, 0.6) is 0 Å². The zero-order chi connectivity index (χ0) is 18.3. The van der Waals surface area contributed by atoms with Crippen LogP contribution in [0, 0.1) is 5.41 Å². The highest BCUT2D eigenvalue weighted by molar-refractivity contribution is 5.61. The minimum atomic E-state index is 0.0225. The third-order valence-corrected chi connectivity index (χ3v) is 5.19. The Labute approximate surface area is 152 Å². The van der Waals surface area contributed by atoms with E-state index in [-0.39, 0.29) is 6.61 Å². The first-order valence-electron chi connectivity index (χ1n) is 9.13. The summed E-state index contributed by atoms with van der Waals surface area (Å²) < 4.78 is 7.63. The van der Waals surface area contributed by atoms with Crippen molar-refractivity contribution in [1.29, 1.82) is 0 Å². The SMILES string of the molecule is CCn1nc(-c2nc(-c3ccc(CO)cc3)no2)c2c1CC(C)(C)CC2. The van der Waals surface area contributed by atoms with Crippen LogP contribution in [0.15, 0.2) is 28.8 Å². The molecule has 0 spiro atoms. The van der Waals surface area contributed by atoms with Gasteiger partial charge in [0.15, 0.2) is 5.69 Å². The number of rotatable bonds is 4. The third-order valence-electron chi connectivity index (χ3n) is 5.19. The van der Waals surface area contributed by atoms with Crippen molar-refractivity contribution in [2.24, 2.45) is 5.41 Å². The van der Waals surface area contributed by atoms with Crippen LogP contribution in [0.4, 0.5) is 0 Å². The summed E-state index contributed by atoms with van der Waals surface area (Å²) in [6.45, 7) is 7.59. The normalized spacial score (nSPS) is 15.8. The number of hydrogen-bond acceptors (Lipinski definition) is 5. The van der Waals surface area contributed by atoms with Crippen LogP contribution >= 0.6 is 0 Å². The van der Waals surface area contributed by atoms with E-state index in [0.29, 0.717) is 17.1 Å². The molecule has 136 valence electrons. The Morgan fingerprint density at radius 3 is 2.69 bits per heavy atom. The molecule has 0 atom stereocenters. The summed E-state index contributed by atoms with van der Waals surface area (Å²) >= 11 is 0. The molecule has 3 aromatic rings. The fourth-order valence-electron chi connectivity index (χ4n) is 3.63. The van der Waals surface area contributed by atoms with Gasteiger partial charge in [0, 0.05) is 23.4 Å². The summed E-state index contributed by atoms with van der Waals surface area (Å²) in [7, 11) is 0. The van der Waals surface area contributed by atoms with Crippen molar-refractivity contribution in [2.75, 3.05) is 0 Å². The fourth-order valence-corrected chi connectivity index (χ4v) is 3.63. The van der Waals surface area contributed by atoms with Gasteiger partial charge in [-0.3, -0.25) is 4.68 Å². The standard InChI is InChI=1S/C20H24N4O2/c1-4-24-16-11-20(2,3)10-9-15(16)17(22-24)19-21-18(23-26-19)14-7-5-13(12-25)6-8-14/h5-8,25H,4,9-12H2,1-3H3. The molecule has 1 aliphatic carbocycles. The summed E-state index contributed by atoms with van der Waals surface area (Å²) in [5.41, 5.74) is 5.38. The van der Waals surface area contributed by atoms with E-state index < -0.39 is 0 Å². The van der Waals surface area contributed by atoms with Gasteiger partial charge >= 0.3 is 0 Å². The Morgan fingerprint density at radius 1 is 1.23 bits per heavy atom. The first-order chi connectivity index (χ1) is 12.5. The van der Waals surface area contributed by atoms with Gasteiger partial charge in [0.05, 0.1) is 6.61 Å². The summed E-state index contributed by atoms with van der Waals surface area (Å²) in [5.74, 6) is 1.02. The smallest absolute Gasteiger partial charge is 0.279 e. The number of aliphatic hydroxyl groups is 1. The molecule has 4 rings (SSSR count). The summed E-state index contributed by atoms with van der Waals surface area (Å²) in [4.78, 5) is 4.58. The van der Waals surface area contributed by atoms with E-state index in [1.165, 1.54) is 11.3 Å². The van der Waals surface area contributed by atoms with E-state index >= 15 is 0 Å². The van der Waals surface area contributed by atoms with Gasteiger partial charge in [-0.2, -0.15) is 10.1 Å². The average molecular weight is 352 g/mol. The van der Waals surface area contributed by atoms with Gasteiger partial charge in [0.1, 0.15) is 0 Å². The minimum absolute atomic E-state index is 0.0225. The Kier molecular flexibility index (Phi) is 4.15. The molecule has 0 aliphatic heterocycles.